The Balaban J connectivity index is 2.16. The maximum Gasteiger partial charge on any atom is 0.0449 e. The largest absolute Gasteiger partial charge is 0.380 e. The van der Waals surface area contributed by atoms with E-state index in [1.165, 1.54) is 11.1 Å². The van der Waals surface area contributed by atoms with Gasteiger partial charge < -0.3 is 11.1 Å². The van der Waals surface area contributed by atoms with Crippen molar-refractivity contribution in [1.29, 1.82) is 0 Å². The minimum atomic E-state index is 0.214. The van der Waals surface area contributed by atoms with Crippen molar-refractivity contribution in [1.82, 2.24) is 0 Å². The highest BCUT2D eigenvalue weighted by Gasteiger charge is 2.17. The first-order valence-corrected chi connectivity index (χ1v) is 7.68. The molecular formula is C17H21BrN2. The highest BCUT2D eigenvalue weighted by atomic mass is 79.9. The molecule has 2 rings (SSSR count). The number of anilines is 1. The molecule has 0 aliphatic rings. The van der Waals surface area contributed by atoms with Gasteiger partial charge in [-0.1, -0.05) is 53.2 Å². The average molecular weight is 333 g/mol. The van der Waals surface area contributed by atoms with Crippen molar-refractivity contribution in [3.05, 3.63) is 64.1 Å². The molecule has 2 unspecified atom stereocenters. The van der Waals surface area contributed by atoms with Crippen LogP contribution in [0.1, 0.15) is 24.0 Å². The van der Waals surface area contributed by atoms with Crippen molar-refractivity contribution in [2.24, 2.45) is 5.73 Å². The van der Waals surface area contributed by atoms with Crippen LogP contribution in [0.4, 0.5) is 5.69 Å². The van der Waals surface area contributed by atoms with E-state index in [1.807, 2.05) is 6.07 Å². The number of aryl methyl sites for hydroxylation is 1. The molecule has 0 bridgehead atoms. The number of hydrogen-bond acceptors (Lipinski definition) is 2. The Hall–Kier alpha value is -1.32. The number of benzene rings is 2. The summed E-state index contributed by atoms with van der Waals surface area (Å²) >= 11 is 3.54. The zero-order chi connectivity index (χ0) is 14.5. The van der Waals surface area contributed by atoms with Crippen LogP contribution in [0.15, 0.2) is 53.0 Å². The van der Waals surface area contributed by atoms with Crippen LogP contribution < -0.4 is 11.1 Å². The summed E-state index contributed by atoms with van der Waals surface area (Å²) in [5, 5.41) is 3.55. The lowest BCUT2D eigenvalue weighted by Crippen LogP contribution is -2.33. The topological polar surface area (TPSA) is 38.0 Å². The molecule has 0 aliphatic heterocycles. The van der Waals surface area contributed by atoms with Crippen molar-refractivity contribution in [3.8, 4) is 0 Å². The van der Waals surface area contributed by atoms with Crippen LogP contribution in [0, 0.1) is 6.92 Å². The van der Waals surface area contributed by atoms with Gasteiger partial charge in [-0.05, 0) is 36.2 Å². The van der Waals surface area contributed by atoms with E-state index in [2.05, 4.69) is 77.6 Å². The van der Waals surface area contributed by atoms with E-state index in [0.29, 0.717) is 12.5 Å². The van der Waals surface area contributed by atoms with Crippen LogP contribution in [-0.4, -0.2) is 12.6 Å². The molecular weight excluding hydrogens is 312 g/mol. The molecule has 3 N–H and O–H groups in total. The van der Waals surface area contributed by atoms with E-state index >= 15 is 0 Å². The lowest BCUT2D eigenvalue weighted by atomic mass is 9.93. The molecule has 20 heavy (non-hydrogen) atoms. The van der Waals surface area contributed by atoms with Crippen molar-refractivity contribution in [3.63, 3.8) is 0 Å². The standard InChI is InChI=1S/C17H21BrN2/c1-12-8-15(18)10-16(9-12)20-17(11-19)13(2)14-6-4-3-5-7-14/h3-10,13,17,20H,11,19H2,1-2H3. The molecule has 0 saturated heterocycles. The van der Waals surface area contributed by atoms with Gasteiger partial charge in [-0.15, -0.1) is 0 Å². The molecule has 0 aliphatic carbocycles. The van der Waals surface area contributed by atoms with Crippen LogP contribution in [0.3, 0.4) is 0 Å². The third-order valence-electron chi connectivity index (χ3n) is 3.58. The molecule has 3 heteroatoms. The highest BCUT2D eigenvalue weighted by molar-refractivity contribution is 9.10. The first-order valence-electron chi connectivity index (χ1n) is 6.89. The van der Waals surface area contributed by atoms with Gasteiger partial charge in [-0.2, -0.15) is 0 Å². The zero-order valence-electron chi connectivity index (χ0n) is 11.9. The SMILES string of the molecule is Cc1cc(Br)cc(NC(CN)C(C)c2ccccc2)c1. The fraction of sp³-hybridized carbons (Fsp3) is 0.294. The van der Waals surface area contributed by atoms with Gasteiger partial charge in [-0.25, -0.2) is 0 Å². The molecule has 106 valence electrons. The van der Waals surface area contributed by atoms with Gasteiger partial charge in [-0.3, -0.25) is 0 Å². The van der Waals surface area contributed by atoms with Crippen molar-refractivity contribution in [2.75, 3.05) is 11.9 Å². The minimum absolute atomic E-state index is 0.214. The molecule has 0 aromatic heterocycles. The number of halogens is 1. The first kappa shape index (κ1) is 15.1. The van der Waals surface area contributed by atoms with E-state index in [4.69, 9.17) is 5.73 Å². The van der Waals surface area contributed by atoms with Gasteiger partial charge >= 0.3 is 0 Å². The predicted molar refractivity (Wildman–Crippen MR) is 90.2 cm³/mol. The van der Waals surface area contributed by atoms with Crippen LogP contribution in [-0.2, 0) is 0 Å². The van der Waals surface area contributed by atoms with Crippen LogP contribution in [0.2, 0.25) is 0 Å². The van der Waals surface area contributed by atoms with Crippen molar-refractivity contribution < 1.29 is 0 Å². The zero-order valence-corrected chi connectivity index (χ0v) is 13.5. The third-order valence-corrected chi connectivity index (χ3v) is 4.03. The first-order chi connectivity index (χ1) is 9.60. The fourth-order valence-corrected chi connectivity index (χ4v) is 3.02. The second kappa shape index (κ2) is 6.91. The van der Waals surface area contributed by atoms with Crippen molar-refractivity contribution >= 4 is 21.6 Å². The molecule has 2 aromatic carbocycles. The fourth-order valence-electron chi connectivity index (χ4n) is 2.41. The Morgan fingerprint density at radius 1 is 1.15 bits per heavy atom. The highest BCUT2D eigenvalue weighted by Crippen LogP contribution is 2.24. The normalized spacial score (nSPS) is 13.8. The number of nitrogens with two attached hydrogens (primary N) is 1. The van der Waals surface area contributed by atoms with Gasteiger partial charge in [0.2, 0.25) is 0 Å². The summed E-state index contributed by atoms with van der Waals surface area (Å²) in [5.74, 6) is 0.362. The summed E-state index contributed by atoms with van der Waals surface area (Å²) in [6, 6.07) is 17.0. The third kappa shape index (κ3) is 3.84. The van der Waals surface area contributed by atoms with E-state index in [9.17, 15) is 0 Å². The number of rotatable bonds is 5. The van der Waals surface area contributed by atoms with Crippen LogP contribution >= 0.6 is 15.9 Å². The van der Waals surface area contributed by atoms with Crippen LogP contribution in [0.25, 0.3) is 0 Å². The van der Waals surface area contributed by atoms with E-state index in [-0.39, 0.29) is 6.04 Å². The maximum absolute atomic E-state index is 5.96. The molecule has 2 nitrogen and oxygen atoms in total. The quantitative estimate of drug-likeness (QED) is 0.856. The second-order valence-electron chi connectivity index (χ2n) is 5.20. The molecule has 2 aromatic rings. The summed E-state index contributed by atoms with van der Waals surface area (Å²) in [4.78, 5) is 0. The lowest BCUT2D eigenvalue weighted by Gasteiger charge is -2.25. The van der Waals surface area contributed by atoms with Gasteiger partial charge in [0.1, 0.15) is 0 Å². The Labute approximate surface area is 129 Å². The Morgan fingerprint density at radius 3 is 2.45 bits per heavy atom. The number of nitrogens with one attached hydrogen (secondary N) is 1. The Morgan fingerprint density at radius 2 is 1.85 bits per heavy atom. The Kier molecular flexibility index (Phi) is 5.21. The molecule has 0 amide bonds. The second-order valence-corrected chi connectivity index (χ2v) is 6.12. The van der Waals surface area contributed by atoms with Crippen molar-refractivity contribution in [2.45, 2.75) is 25.8 Å². The minimum Gasteiger partial charge on any atom is -0.380 e. The molecule has 0 heterocycles. The Bertz CT molecular complexity index is 534. The summed E-state index contributed by atoms with van der Waals surface area (Å²) < 4.78 is 1.09. The summed E-state index contributed by atoms with van der Waals surface area (Å²) in [7, 11) is 0. The van der Waals surface area contributed by atoms with E-state index in [1.54, 1.807) is 0 Å². The van der Waals surface area contributed by atoms with Crippen LogP contribution in [0.5, 0.6) is 0 Å². The summed E-state index contributed by atoms with van der Waals surface area (Å²) in [6.07, 6.45) is 0. The predicted octanol–water partition coefficient (Wildman–Crippen LogP) is 4.30. The van der Waals surface area contributed by atoms with Gasteiger partial charge in [0.25, 0.3) is 0 Å². The smallest absolute Gasteiger partial charge is 0.0449 e. The molecule has 0 fully saturated rings. The average Bonchev–Trinajstić information content (AvgIpc) is 2.44. The summed E-state index contributed by atoms with van der Waals surface area (Å²) in [6.45, 7) is 4.90. The number of hydrogen-bond donors (Lipinski definition) is 2. The molecule has 0 saturated carbocycles. The molecule has 0 spiro atoms. The molecule has 2 atom stereocenters. The van der Waals surface area contributed by atoms with E-state index < -0.39 is 0 Å². The van der Waals surface area contributed by atoms with E-state index in [0.717, 1.165) is 10.2 Å². The van der Waals surface area contributed by atoms with Gasteiger partial charge in [0.15, 0.2) is 0 Å². The maximum atomic E-state index is 5.96. The summed E-state index contributed by atoms with van der Waals surface area (Å²) in [5.41, 5.74) is 9.60. The van der Waals surface area contributed by atoms with Gasteiger partial charge in [0.05, 0.1) is 0 Å². The van der Waals surface area contributed by atoms with Gasteiger partial charge in [0, 0.05) is 28.7 Å². The monoisotopic (exact) mass is 332 g/mol. The molecule has 0 radical (unpaired) electrons. The lowest BCUT2D eigenvalue weighted by molar-refractivity contribution is 0.611.